The molecular weight excluding hydrogens is 450 g/mol. The van der Waals surface area contributed by atoms with E-state index >= 15 is 0 Å². The molecule has 1 fully saturated rings. The van der Waals surface area contributed by atoms with Gasteiger partial charge in [-0.1, -0.05) is 36.4 Å². The Balaban J connectivity index is 1.41. The monoisotopic (exact) mass is 477 g/mol. The summed E-state index contributed by atoms with van der Waals surface area (Å²) in [5.41, 5.74) is 6.12. The van der Waals surface area contributed by atoms with Crippen molar-refractivity contribution in [2.24, 2.45) is 0 Å². The minimum absolute atomic E-state index is 0.241. The molecule has 0 aliphatic carbocycles. The molecule has 1 aliphatic rings. The fourth-order valence-corrected chi connectivity index (χ4v) is 5.51. The number of imidazole rings is 3. The van der Waals surface area contributed by atoms with Crippen LogP contribution in [0.5, 0.6) is 0 Å². The predicted molar refractivity (Wildman–Crippen MR) is 140 cm³/mol. The van der Waals surface area contributed by atoms with Crippen molar-refractivity contribution in [3.05, 3.63) is 90.3 Å². The Hall–Kier alpha value is -4.05. The molecule has 180 valence electrons. The minimum atomic E-state index is -0.241. The molecule has 4 heterocycles. The van der Waals surface area contributed by atoms with Crippen molar-refractivity contribution in [3.63, 3.8) is 0 Å². The zero-order chi connectivity index (χ0) is 24.4. The Labute approximate surface area is 207 Å². The number of para-hydroxylation sites is 6. The molecule has 3 aromatic carbocycles. The summed E-state index contributed by atoms with van der Waals surface area (Å²) in [7, 11) is 0. The van der Waals surface area contributed by atoms with Crippen molar-refractivity contribution >= 4 is 33.1 Å². The number of fused-ring (bicyclic) bond motifs is 3. The molecule has 0 spiro atoms. The lowest BCUT2D eigenvalue weighted by molar-refractivity contribution is 0.0840. The van der Waals surface area contributed by atoms with Gasteiger partial charge in [0.15, 0.2) is 0 Å². The van der Waals surface area contributed by atoms with E-state index in [1.165, 1.54) is 0 Å². The van der Waals surface area contributed by atoms with Crippen molar-refractivity contribution in [1.29, 1.82) is 0 Å². The highest BCUT2D eigenvalue weighted by atomic mass is 15.6. The number of aromatic nitrogens is 6. The number of benzene rings is 3. The topological polar surface area (TPSA) is 89.5 Å². The number of aryl methyl sites for hydroxylation is 3. The zero-order valence-electron chi connectivity index (χ0n) is 20.3. The van der Waals surface area contributed by atoms with Gasteiger partial charge in [-0.3, -0.25) is 29.7 Å². The number of nitrogens with one attached hydrogen (secondary N) is 3. The average Bonchev–Trinajstić information content (AvgIpc) is 3.51. The summed E-state index contributed by atoms with van der Waals surface area (Å²) in [6.45, 7) is 6.14. The quantitative estimate of drug-likeness (QED) is 0.354. The second-order valence-corrected chi connectivity index (χ2v) is 9.26. The second-order valence-electron chi connectivity index (χ2n) is 9.26. The van der Waals surface area contributed by atoms with Crippen LogP contribution in [0.2, 0.25) is 0 Å². The highest BCUT2D eigenvalue weighted by Crippen LogP contribution is 2.29. The molecule has 36 heavy (non-hydrogen) atoms. The molecule has 9 nitrogen and oxygen atoms in total. The van der Waals surface area contributed by atoms with Crippen molar-refractivity contribution in [3.8, 4) is 0 Å². The maximum atomic E-state index is 4.82. The van der Waals surface area contributed by atoms with Crippen LogP contribution >= 0.6 is 0 Å². The Morgan fingerprint density at radius 1 is 0.472 bits per heavy atom. The van der Waals surface area contributed by atoms with E-state index in [0.29, 0.717) is 0 Å². The van der Waals surface area contributed by atoms with Crippen molar-refractivity contribution < 1.29 is 0 Å². The van der Waals surface area contributed by atoms with Gasteiger partial charge in [-0.15, -0.1) is 0 Å². The van der Waals surface area contributed by atoms with Crippen LogP contribution in [-0.4, -0.2) is 28.7 Å². The molecule has 3 N–H and O–H groups in total. The standard InChI is InChI=1S/C27H27N9/c1-16-28-19-10-4-7-13-22(19)34(16)25-31-26(35-17(2)29-20-11-5-8-14-23(20)35)33-27(32-25)36-18(3)30-21-12-6-9-15-24(21)36/h4-15,25-27,31-33H,1-3H3. The number of hydrogen-bond donors (Lipinski definition) is 3. The molecule has 0 unspecified atom stereocenters. The highest BCUT2D eigenvalue weighted by molar-refractivity contribution is 5.77. The van der Waals surface area contributed by atoms with Crippen molar-refractivity contribution in [2.75, 3.05) is 0 Å². The van der Waals surface area contributed by atoms with Gasteiger partial charge in [0.25, 0.3) is 0 Å². The maximum Gasteiger partial charge on any atom is 0.145 e. The van der Waals surface area contributed by atoms with Gasteiger partial charge in [0.2, 0.25) is 0 Å². The van der Waals surface area contributed by atoms with Crippen LogP contribution in [-0.2, 0) is 0 Å². The molecule has 6 aromatic rings. The molecule has 0 radical (unpaired) electrons. The van der Waals surface area contributed by atoms with E-state index in [9.17, 15) is 0 Å². The third-order valence-electron chi connectivity index (χ3n) is 7.04. The fourth-order valence-electron chi connectivity index (χ4n) is 5.51. The van der Waals surface area contributed by atoms with Gasteiger partial charge < -0.3 is 0 Å². The van der Waals surface area contributed by atoms with Crippen molar-refractivity contribution in [1.82, 2.24) is 44.6 Å². The van der Waals surface area contributed by atoms with Gasteiger partial charge in [0.05, 0.1) is 33.1 Å². The second kappa shape index (κ2) is 7.99. The summed E-state index contributed by atoms with van der Waals surface area (Å²) in [6.07, 6.45) is -0.723. The van der Waals surface area contributed by atoms with Crippen LogP contribution in [0, 0.1) is 20.8 Å². The van der Waals surface area contributed by atoms with Crippen LogP contribution in [0.4, 0.5) is 0 Å². The first-order chi connectivity index (χ1) is 17.6. The summed E-state index contributed by atoms with van der Waals surface area (Å²) in [4.78, 5) is 14.5. The van der Waals surface area contributed by atoms with E-state index in [0.717, 1.165) is 50.6 Å². The summed E-state index contributed by atoms with van der Waals surface area (Å²) in [5, 5.41) is 11.3. The minimum Gasteiger partial charge on any atom is -0.298 e. The molecule has 0 atom stereocenters. The largest absolute Gasteiger partial charge is 0.298 e. The maximum absolute atomic E-state index is 4.82. The lowest BCUT2D eigenvalue weighted by Gasteiger charge is -2.41. The SMILES string of the molecule is Cc1nc2ccccc2n1C1NC(n2c(C)nc3ccccc32)NC(n2c(C)nc3ccccc32)N1. The molecule has 9 heteroatoms. The van der Waals surface area contributed by atoms with E-state index in [4.69, 9.17) is 15.0 Å². The first-order valence-electron chi connectivity index (χ1n) is 12.2. The van der Waals surface area contributed by atoms with E-state index < -0.39 is 0 Å². The summed E-state index contributed by atoms with van der Waals surface area (Å²) in [6, 6.07) is 24.7. The van der Waals surface area contributed by atoms with Crippen LogP contribution in [0.15, 0.2) is 72.8 Å². The first kappa shape index (κ1) is 21.3. The van der Waals surface area contributed by atoms with Gasteiger partial charge >= 0.3 is 0 Å². The van der Waals surface area contributed by atoms with E-state index in [2.05, 4.69) is 84.2 Å². The molecule has 1 aliphatic heterocycles. The third-order valence-corrected chi connectivity index (χ3v) is 7.04. The Bertz CT molecular complexity index is 1530. The number of nitrogens with zero attached hydrogens (tertiary/aromatic N) is 6. The van der Waals surface area contributed by atoms with E-state index in [1.807, 2.05) is 39.0 Å². The average molecular weight is 478 g/mol. The Morgan fingerprint density at radius 3 is 1.06 bits per heavy atom. The first-order valence-corrected chi connectivity index (χ1v) is 12.2. The van der Waals surface area contributed by atoms with Crippen LogP contribution < -0.4 is 16.0 Å². The molecule has 0 saturated carbocycles. The van der Waals surface area contributed by atoms with Crippen LogP contribution in [0.3, 0.4) is 0 Å². The lowest BCUT2D eigenvalue weighted by Crippen LogP contribution is -2.59. The molecule has 1 saturated heterocycles. The number of hydrogen-bond acceptors (Lipinski definition) is 6. The summed E-state index contributed by atoms with van der Waals surface area (Å²) < 4.78 is 6.66. The Kier molecular flexibility index (Phi) is 4.72. The molecule has 0 bridgehead atoms. The summed E-state index contributed by atoms with van der Waals surface area (Å²) >= 11 is 0. The summed E-state index contributed by atoms with van der Waals surface area (Å²) in [5.74, 6) is 2.79. The third kappa shape index (κ3) is 3.17. The van der Waals surface area contributed by atoms with Gasteiger partial charge in [0.1, 0.15) is 36.3 Å². The van der Waals surface area contributed by atoms with E-state index in [1.54, 1.807) is 0 Å². The van der Waals surface area contributed by atoms with Gasteiger partial charge in [0, 0.05) is 0 Å². The van der Waals surface area contributed by atoms with Gasteiger partial charge in [-0.2, -0.15) is 0 Å². The van der Waals surface area contributed by atoms with Crippen LogP contribution in [0.25, 0.3) is 33.1 Å². The molecule has 0 amide bonds. The highest BCUT2D eigenvalue weighted by Gasteiger charge is 2.34. The van der Waals surface area contributed by atoms with Gasteiger partial charge in [-0.05, 0) is 57.2 Å². The van der Waals surface area contributed by atoms with Crippen molar-refractivity contribution in [2.45, 2.75) is 39.6 Å². The smallest absolute Gasteiger partial charge is 0.145 e. The molecule has 3 aromatic heterocycles. The fraction of sp³-hybridized carbons (Fsp3) is 0.222. The predicted octanol–water partition coefficient (Wildman–Crippen LogP) is 4.21. The normalized spacial score (nSPS) is 20.6. The number of rotatable bonds is 3. The van der Waals surface area contributed by atoms with Gasteiger partial charge in [-0.25, -0.2) is 15.0 Å². The van der Waals surface area contributed by atoms with Crippen LogP contribution in [0.1, 0.15) is 36.3 Å². The lowest BCUT2D eigenvalue weighted by atomic mass is 10.3. The molecular formula is C27H27N9. The zero-order valence-corrected chi connectivity index (χ0v) is 20.3. The Morgan fingerprint density at radius 2 is 0.750 bits per heavy atom. The van der Waals surface area contributed by atoms with E-state index in [-0.39, 0.29) is 18.9 Å². The molecule has 7 rings (SSSR count).